The van der Waals surface area contributed by atoms with E-state index in [-0.39, 0.29) is 18.4 Å². The lowest BCUT2D eigenvalue weighted by Gasteiger charge is -2.24. The second-order valence-corrected chi connectivity index (χ2v) is 6.85. The Balaban J connectivity index is 1.76. The second kappa shape index (κ2) is 10.6. The highest BCUT2D eigenvalue weighted by atomic mass is 16.4. The summed E-state index contributed by atoms with van der Waals surface area (Å²) >= 11 is 0. The fourth-order valence-electron chi connectivity index (χ4n) is 3.40. The lowest BCUT2D eigenvalue weighted by atomic mass is 10.1. The number of benzene rings is 1. The minimum absolute atomic E-state index is 0.101. The van der Waals surface area contributed by atoms with E-state index < -0.39 is 5.97 Å². The van der Waals surface area contributed by atoms with Crippen molar-refractivity contribution in [3.8, 4) is 0 Å². The molecule has 1 aromatic carbocycles. The van der Waals surface area contributed by atoms with Crippen LogP contribution in [0, 0.1) is 0 Å². The third-order valence-electron chi connectivity index (χ3n) is 4.84. The lowest BCUT2D eigenvalue weighted by Crippen LogP contribution is -2.35. The number of nitrogens with zero attached hydrogens (tertiary/aromatic N) is 1. The van der Waals surface area contributed by atoms with Crippen LogP contribution in [0.15, 0.2) is 42.2 Å². The van der Waals surface area contributed by atoms with Crippen molar-refractivity contribution in [1.82, 2.24) is 4.90 Å². The van der Waals surface area contributed by atoms with Crippen molar-refractivity contribution < 1.29 is 19.8 Å². The number of amides is 1. The van der Waals surface area contributed by atoms with Crippen LogP contribution in [-0.2, 0) is 16.0 Å². The highest BCUT2D eigenvalue weighted by Gasteiger charge is 2.32. The monoisotopic (exact) mass is 359 g/mol. The summed E-state index contributed by atoms with van der Waals surface area (Å²) in [6, 6.07) is 9.94. The summed E-state index contributed by atoms with van der Waals surface area (Å²) in [5.41, 5.74) is 1.23. The number of aliphatic carboxylic acids is 1. The van der Waals surface area contributed by atoms with Gasteiger partial charge >= 0.3 is 5.97 Å². The van der Waals surface area contributed by atoms with Crippen LogP contribution in [0.1, 0.15) is 56.9 Å². The molecule has 1 aromatic rings. The summed E-state index contributed by atoms with van der Waals surface area (Å²) in [7, 11) is 0. The summed E-state index contributed by atoms with van der Waals surface area (Å²) in [6.45, 7) is 0.632. The van der Waals surface area contributed by atoms with Crippen LogP contribution in [-0.4, -0.2) is 39.6 Å². The number of carbonyl (C=O) groups is 2. The van der Waals surface area contributed by atoms with Crippen molar-refractivity contribution in [2.45, 2.75) is 63.8 Å². The number of hydrogen-bond acceptors (Lipinski definition) is 3. The minimum Gasteiger partial charge on any atom is -0.510 e. The van der Waals surface area contributed by atoms with Crippen molar-refractivity contribution in [3.63, 3.8) is 0 Å². The maximum absolute atomic E-state index is 12.1. The van der Waals surface area contributed by atoms with E-state index in [0.29, 0.717) is 31.6 Å². The number of likely N-dealkylation sites (tertiary alicyclic amines) is 1. The number of aliphatic hydroxyl groups excluding tert-OH is 1. The standard InChI is InChI=1S/C21H29NO4/c23-19(12-8-11-17-9-4-3-5-10-17)18-14-15-20(24)22(18)16-7-2-1-6-13-21(25)26/h3-5,9-10,12,18,23H,1-2,6-8,11,13-16H2,(H,25,26)/b19-12-. The van der Waals surface area contributed by atoms with Crippen molar-refractivity contribution >= 4 is 11.9 Å². The molecule has 5 nitrogen and oxygen atoms in total. The molecule has 1 saturated heterocycles. The van der Waals surface area contributed by atoms with Gasteiger partial charge in [0.1, 0.15) is 5.76 Å². The van der Waals surface area contributed by atoms with E-state index in [2.05, 4.69) is 12.1 Å². The summed E-state index contributed by atoms with van der Waals surface area (Å²) in [6.07, 6.45) is 8.12. The molecule has 1 amide bonds. The molecule has 26 heavy (non-hydrogen) atoms. The van der Waals surface area contributed by atoms with Gasteiger partial charge in [0, 0.05) is 19.4 Å². The number of unbranched alkanes of at least 4 members (excludes halogenated alkanes) is 3. The number of allylic oxidation sites excluding steroid dienone is 1. The largest absolute Gasteiger partial charge is 0.510 e. The van der Waals surface area contributed by atoms with Crippen LogP contribution in [0.5, 0.6) is 0 Å². The van der Waals surface area contributed by atoms with Gasteiger partial charge in [-0.1, -0.05) is 43.2 Å². The van der Waals surface area contributed by atoms with Crippen molar-refractivity contribution in [2.75, 3.05) is 6.54 Å². The molecule has 0 aromatic heterocycles. The molecule has 0 spiro atoms. The Morgan fingerprint density at radius 2 is 1.85 bits per heavy atom. The Morgan fingerprint density at radius 3 is 2.58 bits per heavy atom. The zero-order valence-corrected chi connectivity index (χ0v) is 15.3. The summed E-state index contributed by atoms with van der Waals surface area (Å²) in [5, 5.41) is 19.0. The fraction of sp³-hybridized carbons (Fsp3) is 0.524. The Hall–Kier alpha value is -2.30. The van der Waals surface area contributed by atoms with Gasteiger partial charge in [-0.2, -0.15) is 0 Å². The molecule has 0 bridgehead atoms. The van der Waals surface area contributed by atoms with Crippen LogP contribution in [0.4, 0.5) is 0 Å². The van der Waals surface area contributed by atoms with Crippen LogP contribution in [0.25, 0.3) is 0 Å². The molecule has 1 aliphatic rings. The van der Waals surface area contributed by atoms with Gasteiger partial charge in [0.05, 0.1) is 6.04 Å². The average Bonchev–Trinajstić information content (AvgIpc) is 2.99. The van der Waals surface area contributed by atoms with E-state index in [4.69, 9.17) is 5.11 Å². The first-order valence-corrected chi connectivity index (χ1v) is 9.52. The smallest absolute Gasteiger partial charge is 0.303 e. The summed E-state index contributed by atoms with van der Waals surface area (Å²) in [4.78, 5) is 24.4. The van der Waals surface area contributed by atoms with Gasteiger partial charge in [0.15, 0.2) is 0 Å². The quantitative estimate of drug-likeness (QED) is 0.461. The number of hydrogen-bond donors (Lipinski definition) is 2. The molecular weight excluding hydrogens is 330 g/mol. The van der Waals surface area contributed by atoms with Gasteiger partial charge in [-0.25, -0.2) is 0 Å². The molecule has 1 fully saturated rings. The Labute approximate surface area is 155 Å². The molecule has 2 rings (SSSR count). The number of carboxylic acids is 1. The first kappa shape index (κ1) is 20.0. The molecule has 1 atom stereocenters. The maximum atomic E-state index is 12.1. The zero-order valence-electron chi connectivity index (χ0n) is 15.3. The second-order valence-electron chi connectivity index (χ2n) is 6.85. The van der Waals surface area contributed by atoms with E-state index >= 15 is 0 Å². The SMILES string of the molecule is O=C(O)CCCCCCN1C(=O)CCC1/C(O)=C/CCc1ccccc1. The van der Waals surface area contributed by atoms with E-state index in [0.717, 1.165) is 32.1 Å². The van der Waals surface area contributed by atoms with Crippen LogP contribution < -0.4 is 0 Å². The van der Waals surface area contributed by atoms with E-state index in [1.807, 2.05) is 24.3 Å². The Bertz CT molecular complexity index is 612. The Morgan fingerprint density at radius 1 is 1.12 bits per heavy atom. The highest BCUT2D eigenvalue weighted by Crippen LogP contribution is 2.25. The summed E-state index contributed by atoms with van der Waals surface area (Å²) in [5.74, 6) is -0.355. The molecule has 1 aliphatic heterocycles. The lowest BCUT2D eigenvalue weighted by molar-refractivity contribution is -0.137. The van der Waals surface area contributed by atoms with Gasteiger partial charge < -0.3 is 15.1 Å². The highest BCUT2D eigenvalue weighted by molar-refractivity contribution is 5.79. The van der Waals surface area contributed by atoms with Gasteiger partial charge in [-0.05, 0) is 43.7 Å². The molecule has 1 unspecified atom stereocenters. The topological polar surface area (TPSA) is 77.8 Å². The molecular formula is C21H29NO4. The first-order chi connectivity index (χ1) is 12.6. The predicted octanol–water partition coefficient (Wildman–Crippen LogP) is 4.09. The van der Waals surface area contributed by atoms with E-state index in [9.17, 15) is 14.7 Å². The third-order valence-corrected chi connectivity index (χ3v) is 4.84. The zero-order chi connectivity index (χ0) is 18.8. The van der Waals surface area contributed by atoms with Crippen molar-refractivity contribution in [3.05, 3.63) is 47.7 Å². The number of aryl methyl sites for hydroxylation is 1. The molecule has 0 aliphatic carbocycles. The van der Waals surface area contributed by atoms with Crippen molar-refractivity contribution in [1.29, 1.82) is 0 Å². The number of rotatable bonds is 11. The maximum Gasteiger partial charge on any atom is 0.303 e. The summed E-state index contributed by atoms with van der Waals surface area (Å²) < 4.78 is 0. The van der Waals surface area contributed by atoms with Crippen LogP contribution >= 0.6 is 0 Å². The molecule has 2 N–H and O–H groups in total. The molecule has 0 radical (unpaired) electrons. The molecule has 0 saturated carbocycles. The number of aliphatic hydroxyl groups is 1. The Kier molecular flexibility index (Phi) is 8.19. The van der Waals surface area contributed by atoms with Gasteiger partial charge in [0.25, 0.3) is 0 Å². The first-order valence-electron chi connectivity index (χ1n) is 9.52. The molecule has 1 heterocycles. The third kappa shape index (κ3) is 6.54. The molecule has 5 heteroatoms. The molecule has 142 valence electrons. The number of carboxylic acid groups (broad SMARTS) is 1. The predicted molar refractivity (Wildman–Crippen MR) is 101 cm³/mol. The van der Waals surface area contributed by atoms with Gasteiger partial charge in [-0.3, -0.25) is 9.59 Å². The van der Waals surface area contributed by atoms with Crippen LogP contribution in [0.3, 0.4) is 0 Å². The van der Waals surface area contributed by atoms with Gasteiger partial charge in [0.2, 0.25) is 5.91 Å². The normalized spacial score (nSPS) is 17.7. The van der Waals surface area contributed by atoms with Crippen LogP contribution in [0.2, 0.25) is 0 Å². The van der Waals surface area contributed by atoms with Crippen molar-refractivity contribution in [2.24, 2.45) is 0 Å². The van der Waals surface area contributed by atoms with E-state index in [1.165, 1.54) is 5.56 Å². The fourth-order valence-corrected chi connectivity index (χ4v) is 3.40. The number of carbonyl (C=O) groups excluding carboxylic acids is 1. The van der Waals surface area contributed by atoms with Gasteiger partial charge in [-0.15, -0.1) is 0 Å². The van der Waals surface area contributed by atoms with E-state index in [1.54, 1.807) is 4.90 Å². The minimum atomic E-state index is -0.759. The average molecular weight is 359 g/mol.